The number of carboxylic acids is 1. The molecule has 0 atom stereocenters. The van der Waals surface area contributed by atoms with E-state index < -0.39 is 11.7 Å². The van der Waals surface area contributed by atoms with Crippen molar-refractivity contribution in [3.8, 4) is 5.75 Å². The molecule has 0 radical (unpaired) electrons. The van der Waals surface area contributed by atoms with Gasteiger partial charge in [-0.05, 0) is 29.8 Å². The van der Waals surface area contributed by atoms with Crippen LogP contribution in [0.4, 0.5) is 5.69 Å². The molecule has 26 heavy (non-hydrogen) atoms. The second-order valence-electron chi connectivity index (χ2n) is 5.29. The molecule has 3 rings (SSSR count). The van der Waals surface area contributed by atoms with Crippen molar-refractivity contribution in [2.75, 3.05) is 4.90 Å². The first-order valence-corrected chi connectivity index (χ1v) is 8.74. The van der Waals surface area contributed by atoms with E-state index in [1.54, 1.807) is 12.2 Å². The second-order valence-corrected chi connectivity index (χ2v) is 6.97. The summed E-state index contributed by atoms with van der Waals surface area (Å²) < 4.78 is 0.289. The molecule has 0 saturated carbocycles. The molecule has 1 heterocycles. The Bertz CT molecular complexity index is 951. The number of benzene rings is 2. The van der Waals surface area contributed by atoms with E-state index in [1.165, 1.54) is 17.0 Å². The number of carboxylic acid groups (broad SMARTS) is 1. The van der Waals surface area contributed by atoms with E-state index in [9.17, 15) is 14.7 Å². The van der Waals surface area contributed by atoms with E-state index in [2.05, 4.69) is 0 Å². The molecule has 0 spiro atoms. The van der Waals surface area contributed by atoms with Crippen molar-refractivity contribution in [3.63, 3.8) is 0 Å². The van der Waals surface area contributed by atoms with Crippen LogP contribution in [0.2, 0.25) is 0 Å². The number of carbonyl (C=O) groups is 2. The number of aromatic carboxylic acids is 1. The highest BCUT2D eigenvalue weighted by molar-refractivity contribution is 8.27. The molecule has 1 aliphatic heterocycles. The minimum atomic E-state index is -1.31. The summed E-state index contributed by atoms with van der Waals surface area (Å²) in [4.78, 5) is 25.2. The lowest BCUT2D eigenvalue weighted by Crippen LogP contribution is -2.27. The minimum absolute atomic E-state index is 0.262. The number of nitrogens with zero attached hydrogens (tertiary/aromatic N) is 1. The van der Waals surface area contributed by atoms with Crippen molar-refractivity contribution < 1.29 is 19.8 Å². The van der Waals surface area contributed by atoms with Crippen molar-refractivity contribution in [3.05, 3.63) is 76.7 Å². The van der Waals surface area contributed by atoms with Gasteiger partial charge in [0.05, 0.1) is 16.2 Å². The maximum atomic E-state index is 12.6. The Kier molecular flexibility index (Phi) is 5.20. The van der Waals surface area contributed by atoms with Gasteiger partial charge in [0.25, 0.3) is 5.91 Å². The van der Waals surface area contributed by atoms with Gasteiger partial charge in [-0.3, -0.25) is 9.69 Å². The van der Waals surface area contributed by atoms with Crippen LogP contribution in [0.25, 0.3) is 6.08 Å². The SMILES string of the molecule is O=C(O)c1ccc(N2C(=O)/C(=C/C=C/c3ccccc3)SC2=S)cc1[O-]. The Morgan fingerprint density at radius 3 is 2.58 bits per heavy atom. The number of rotatable bonds is 4. The molecule has 1 aliphatic rings. The van der Waals surface area contributed by atoms with Crippen LogP contribution in [0.3, 0.4) is 0 Å². The summed E-state index contributed by atoms with van der Waals surface area (Å²) in [5, 5.41) is 20.8. The molecule has 1 saturated heterocycles. The highest BCUT2D eigenvalue weighted by Crippen LogP contribution is 2.36. The first kappa shape index (κ1) is 17.9. The Hall–Kier alpha value is -2.90. The van der Waals surface area contributed by atoms with Crippen LogP contribution in [-0.4, -0.2) is 21.3 Å². The van der Waals surface area contributed by atoms with Crippen LogP contribution in [-0.2, 0) is 4.79 Å². The van der Waals surface area contributed by atoms with E-state index in [-0.39, 0.29) is 21.5 Å². The number of hydrogen-bond acceptors (Lipinski definition) is 5. The number of thioether (sulfide) groups is 1. The second kappa shape index (κ2) is 7.55. The molecule has 0 aliphatic carbocycles. The van der Waals surface area contributed by atoms with Crippen LogP contribution in [0, 0.1) is 0 Å². The number of amides is 1. The predicted octanol–water partition coefficient (Wildman–Crippen LogP) is 3.42. The molecule has 0 unspecified atom stereocenters. The number of allylic oxidation sites excluding steroid dienone is 2. The number of hydrogen-bond donors (Lipinski definition) is 1. The number of thiocarbonyl (C=S) groups is 1. The van der Waals surface area contributed by atoms with Gasteiger partial charge in [0.15, 0.2) is 4.32 Å². The fraction of sp³-hybridized carbons (Fsp3) is 0. The highest BCUT2D eigenvalue weighted by atomic mass is 32.2. The van der Waals surface area contributed by atoms with Gasteiger partial charge >= 0.3 is 5.97 Å². The zero-order valence-corrected chi connectivity index (χ0v) is 14.9. The third kappa shape index (κ3) is 3.68. The molecule has 0 aromatic heterocycles. The lowest BCUT2D eigenvalue weighted by molar-refractivity contribution is -0.268. The van der Waals surface area contributed by atoms with Crippen molar-refractivity contribution in [1.29, 1.82) is 0 Å². The molecule has 7 heteroatoms. The molecule has 130 valence electrons. The lowest BCUT2D eigenvalue weighted by Gasteiger charge is -2.18. The average molecular weight is 382 g/mol. The van der Waals surface area contributed by atoms with Gasteiger partial charge in [0, 0.05) is 0 Å². The maximum absolute atomic E-state index is 12.6. The van der Waals surface area contributed by atoms with Gasteiger partial charge in [0.2, 0.25) is 0 Å². The summed E-state index contributed by atoms with van der Waals surface area (Å²) in [5.74, 6) is -2.32. The topological polar surface area (TPSA) is 80.7 Å². The molecule has 2 aromatic carbocycles. The molecule has 1 amide bonds. The van der Waals surface area contributed by atoms with Crippen molar-refractivity contribution in [2.45, 2.75) is 0 Å². The number of carbonyl (C=O) groups excluding carboxylic acids is 1. The van der Waals surface area contributed by atoms with Crippen molar-refractivity contribution in [2.24, 2.45) is 0 Å². The summed E-state index contributed by atoms with van der Waals surface area (Å²) >= 11 is 6.36. The maximum Gasteiger partial charge on any atom is 0.335 e. The zero-order chi connectivity index (χ0) is 18.7. The average Bonchev–Trinajstić information content (AvgIpc) is 2.89. The van der Waals surface area contributed by atoms with Gasteiger partial charge in [-0.25, -0.2) is 4.79 Å². The summed E-state index contributed by atoms with van der Waals surface area (Å²) in [6.45, 7) is 0. The molecule has 1 fully saturated rings. The molecule has 0 bridgehead atoms. The highest BCUT2D eigenvalue weighted by Gasteiger charge is 2.33. The van der Waals surface area contributed by atoms with Crippen LogP contribution in [0.1, 0.15) is 15.9 Å². The summed E-state index contributed by atoms with van der Waals surface area (Å²) in [5.41, 5.74) is 0.915. The minimum Gasteiger partial charge on any atom is -0.872 e. The van der Waals surface area contributed by atoms with E-state index in [4.69, 9.17) is 17.3 Å². The smallest absolute Gasteiger partial charge is 0.335 e. The van der Waals surface area contributed by atoms with E-state index in [1.807, 2.05) is 36.4 Å². The fourth-order valence-electron chi connectivity index (χ4n) is 2.34. The lowest BCUT2D eigenvalue weighted by atomic mass is 10.1. The first-order chi connectivity index (χ1) is 12.5. The zero-order valence-electron chi connectivity index (χ0n) is 13.3. The van der Waals surface area contributed by atoms with Crippen LogP contribution >= 0.6 is 24.0 Å². The largest absolute Gasteiger partial charge is 0.872 e. The normalized spacial score (nSPS) is 16.0. The fourth-order valence-corrected chi connectivity index (χ4v) is 3.59. The molecule has 1 N–H and O–H groups in total. The van der Waals surface area contributed by atoms with Crippen molar-refractivity contribution >= 4 is 51.9 Å². The summed E-state index contributed by atoms with van der Waals surface area (Å²) in [6.07, 6.45) is 5.29. The quantitative estimate of drug-likeness (QED) is 0.645. The van der Waals surface area contributed by atoms with E-state index >= 15 is 0 Å². The third-order valence-electron chi connectivity index (χ3n) is 3.58. The van der Waals surface area contributed by atoms with E-state index in [0.29, 0.717) is 4.91 Å². The van der Waals surface area contributed by atoms with Gasteiger partial charge in [-0.2, -0.15) is 0 Å². The molecular formula is C19H12NO4S2-. The van der Waals surface area contributed by atoms with E-state index in [0.717, 1.165) is 23.4 Å². The predicted molar refractivity (Wildman–Crippen MR) is 104 cm³/mol. The van der Waals surface area contributed by atoms with Crippen molar-refractivity contribution in [1.82, 2.24) is 0 Å². The number of anilines is 1. The monoisotopic (exact) mass is 382 g/mol. The Morgan fingerprint density at radius 2 is 1.92 bits per heavy atom. The third-order valence-corrected chi connectivity index (χ3v) is 4.90. The molecular weight excluding hydrogens is 370 g/mol. The standard InChI is InChI=1S/C19H13NO4S2/c21-15-11-13(9-10-14(15)18(23)24)20-17(22)16(26-19(20)25)8-4-7-12-5-2-1-3-6-12/h1-11,21H,(H,23,24)/p-1/b7-4+,16-8-. The van der Waals surface area contributed by atoms with Gasteiger partial charge in [-0.1, -0.05) is 72.2 Å². The first-order valence-electron chi connectivity index (χ1n) is 7.51. The summed E-state index contributed by atoms with van der Waals surface area (Å²) in [7, 11) is 0. The van der Waals surface area contributed by atoms with Gasteiger partial charge in [-0.15, -0.1) is 0 Å². The molecule has 2 aromatic rings. The van der Waals surface area contributed by atoms with Gasteiger partial charge in [0.1, 0.15) is 0 Å². The van der Waals surface area contributed by atoms with Gasteiger partial charge < -0.3 is 10.2 Å². The summed E-state index contributed by atoms with van der Waals surface area (Å²) in [6, 6.07) is 13.3. The molecule has 5 nitrogen and oxygen atoms in total. The Balaban J connectivity index is 1.83. The Morgan fingerprint density at radius 1 is 1.19 bits per heavy atom. The van der Waals surface area contributed by atoms with Crippen LogP contribution in [0.5, 0.6) is 5.75 Å². The van der Waals surface area contributed by atoms with Crippen LogP contribution < -0.4 is 10.0 Å². The Labute approximate surface area is 159 Å². The van der Waals surface area contributed by atoms with Crippen LogP contribution in [0.15, 0.2) is 65.6 Å².